The van der Waals surface area contributed by atoms with Gasteiger partial charge in [-0.05, 0) is 37.5 Å². The lowest BCUT2D eigenvalue weighted by molar-refractivity contribution is -0.106. The van der Waals surface area contributed by atoms with Gasteiger partial charge >= 0.3 is 0 Å². The summed E-state index contributed by atoms with van der Waals surface area (Å²) in [6.07, 6.45) is 0.715. The monoisotopic (exact) mass is 253 g/mol. The second-order valence-corrected chi connectivity index (χ2v) is 5.30. The number of β-amino-alcohol motifs (C(OH)–C–C–N with tert-alkyl or cyclic N) is 1. The molecule has 1 aliphatic heterocycles. The maximum Gasteiger partial charge on any atom is 0.123 e. The normalized spacial score (nSPS) is 29.4. The molecule has 3 nitrogen and oxygen atoms in total. The predicted molar refractivity (Wildman–Crippen MR) is 67.8 cm³/mol. The number of halogens is 1. The molecule has 0 aliphatic carbocycles. The van der Waals surface area contributed by atoms with Crippen LogP contribution in [-0.4, -0.2) is 46.5 Å². The highest BCUT2D eigenvalue weighted by Gasteiger charge is 2.35. The Morgan fingerprint density at radius 2 is 2.06 bits per heavy atom. The minimum atomic E-state index is -0.966. The van der Waals surface area contributed by atoms with Crippen LogP contribution in [-0.2, 0) is 6.42 Å². The van der Waals surface area contributed by atoms with Crippen molar-refractivity contribution in [2.45, 2.75) is 31.5 Å². The molecule has 2 atom stereocenters. The van der Waals surface area contributed by atoms with Gasteiger partial charge in [0.15, 0.2) is 0 Å². The maximum absolute atomic E-state index is 12.7. The van der Waals surface area contributed by atoms with E-state index in [4.69, 9.17) is 0 Å². The van der Waals surface area contributed by atoms with Gasteiger partial charge in [0.25, 0.3) is 0 Å². The second kappa shape index (κ2) is 5.34. The van der Waals surface area contributed by atoms with Crippen LogP contribution in [0.15, 0.2) is 24.3 Å². The second-order valence-electron chi connectivity index (χ2n) is 5.30. The average Bonchev–Trinajstić information content (AvgIpc) is 2.33. The van der Waals surface area contributed by atoms with Crippen molar-refractivity contribution in [1.82, 2.24) is 4.90 Å². The highest BCUT2D eigenvalue weighted by atomic mass is 19.1. The molecule has 2 unspecified atom stereocenters. The van der Waals surface area contributed by atoms with E-state index in [9.17, 15) is 14.6 Å². The van der Waals surface area contributed by atoms with E-state index < -0.39 is 11.7 Å². The largest absolute Gasteiger partial charge is 0.389 e. The number of likely N-dealkylation sites (tertiary alicyclic amines) is 1. The van der Waals surface area contributed by atoms with Gasteiger partial charge in [-0.3, -0.25) is 0 Å². The highest BCUT2D eigenvalue weighted by Crippen LogP contribution is 2.21. The van der Waals surface area contributed by atoms with Crippen molar-refractivity contribution in [3.8, 4) is 0 Å². The van der Waals surface area contributed by atoms with E-state index in [2.05, 4.69) is 4.90 Å². The van der Waals surface area contributed by atoms with Crippen molar-refractivity contribution in [3.63, 3.8) is 0 Å². The van der Waals surface area contributed by atoms with Crippen LogP contribution in [0.2, 0.25) is 0 Å². The Bertz CT molecular complexity index is 391. The number of rotatable bonds is 3. The first-order valence-corrected chi connectivity index (χ1v) is 6.34. The van der Waals surface area contributed by atoms with Gasteiger partial charge < -0.3 is 15.1 Å². The maximum atomic E-state index is 12.7. The third-order valence-corrected chi connectivity index (χ3v) is 3.71. The molecule has 18 heavy (non-hydrogen) atoms. The molecular weight excluding hydrogens is 233 g/mol. The Morgan fingerprint density at radius 3 is 2.67 bits per heavy atom. The first-order valence-electron chi connectivity index (χ1n) is 6.34. The van der Waals surface area contributed by atoms with Gasteiger partial charge in [-0.1, -0.05) is 12.1 Å². The SMILES string of the molecule is CC1(O)CCN(CCc2ccc(F)cc2)CC1O. The van der Waals surface area contributed by atoms with Crippen LogP contribution in [0, 0.1) is 5.82 Å². The van der Waals surface area contributed by atoms with Crippen LogP contribution < -0.4 is 0 Å². The van der Waals surface area contributed by atoms with Gasteiger partial charge in [0.1, 0.15) is 5.82 Å². The third-order valence-electron chi connectivity index (χ3n) is 3.71. The number of piperidine rings is 1. The summed E-state index contributed by atoms with van der Waals surface area (Å²) < 4.78 is 12.7. The van der Waals surface area contributed by atoms with Gasteiger partial charge in [0, 0.05) is 19.6 Å². The van der Waals surface area contributed by atoms with Crippen LogP contribution in [0.1, 0.15) is 18.9 Å². The molecule has 2 N–H and O–H groups in total. The Labute approximate surface area is 107 Å². The molecule has 2 rings (SSSR count). The van der Waals surface area contributed by atoms with Crippen LogP contribution in [0.5, 0.6) is 0 Å². The Balaban J connectivity index is 1.83. The summed E-state index contributed by atoms with van der Waals surface area (Å²) >= 11 is 0. The molecule has 1 aromatic carbocycles. The molecule has 0 aromatic heterocycles. The summed E-state index contributed by atoms with van der Waals surface area (Å²) in [5, 5.41) is 19.7. The number of nitrogens with zero attached hydrogens (tertiary/aromatic N) is 1. The average molecular weight is 253 g/mol. The van der Waals surface area contributed by atoms with E-state index in [1.165, 1.54) is 12.1 Å². The Morgan fingerprint density at radius 1 is 1.39 bits per heavy atom. The molecule has 1 aromatic rings. The smallest absolute Gasteiger partial charge is 0.123 e. The lowest BCUT2D eigenvalue weighted by Gasteiger charge is -2.39. The molecule has 0 radical (unpaired) electrons. The number of aliphatic hydroxyl groups excluding tert-OH is 1. The van der Waals surface area contributed by atoms with Crippen molar-refractivity contribution in [3.05, 3.63) is 35.6 Å². The first kappa shape index (κ1) is 13.5. The molecule has 4 heteroatoms. The molecule has 1 heterocycles. The zero-order valence-electron chi connectivity index (χ0n) is 10.6. The highest BCUT2D eigenvalue weighted by molar-refractivity contribution is 5.16. The van der Waals surface area contributed by atoms with E-state index in [0.717, 1.165) is 25.1 Å². The Hall–Kier alpha value is -0.970. The third kappa shape index (κ3) is 3.28. The lowest BCUT2D eigenvalue weighted by Crippen LogP contribution is -2.54. The van der Waals surface area contributed by atoms with E-state index in [0.29, 0.717) is 13.0 Å². The predicted octanol–water partition coefficient (Wildman–Crippen LogP) is 1.19. The standard InChI is InChI=1S/C14H20FNO2/c1-14(18)7-9-16(10-13(14)17)8-6-11-2-4-12(15)5-3-11/h2-5,13,17-18H,6-10H2,1H3. The van der Waals surface area contributed by atoms with Crippen molar-refractivity contribution >= 4 is 0 Å². The quantitative estimate of drug-likeness (QED) is 0.850. The minimum Gasteiger partial charge on any atom is -0.389 e. The van der Waals surface area contributed by atoms with Gasteiger partial charge in [0.2, 0.25) is 0 Å². The molecule has 0 spiro atoms. The van der Waals surface area contributed by atoms with Crippen molar-refractivity contribution < 1.29 is 14.6 Å². The van der Waals surface area contributed by atoms with E-state index >= 15 is 0 Å². The van der Waals surface area contributed by atoms with E-state index in [-0.39, 0.29) is 5.82 Å². The fourth-order valence-corrected chi connectivity index (χ4v) is 2.22. The molecule has 0 amide bonds. The number of aliphatic hydroxyl groups is 2. The van der Waals surface area contributed by atoms with Gasteiger partial charge in [-0.15, -0.1) is 0 Å². The van der Waals surface area contributed by atoms with Crippen LogP contribution in [0.3, 0.4) is 0 Å². The lowest BCUT2D eigenvalue weighted by atomic mass is 9.90. The fraction of sp³-hybridized carbons (Fsp3) is 0.571. The summed E-state index contributed by atoms with van der Waals surface area (Å²) in [4.78, 5) is 2.13. The molecule has 1 aliphatic rings. The summed E-state index contributed by atoms with van der Waals surface area (Å²) in [7, 11) is 0. The van der Waals surface area contributed by atoms with Gasteiger partial charge in [-0.25, -0.2) is 4.39 Å². The molecule has 1 fully saturated rings. The molecule has 1 saturated heterocycles. The van der Waals surface area contributed by atoms with E-state index in [1.807, 2.05) is 0 Å². The van der Waals surface area contributed by atoms with Crippen LogP contribution in [0.25, 0.3) is 0 Å². The Kier molecular flexibility index (Phi) is 4.00. The molecule has 0 saturated carbocycles. The van der Waals surface area contributed by atoms with E-state index in [1.54, 1.807) is 19.1 Å². The summed E-state index contributed by atoms with van der Waals surface area (Å²) in [5.41, 5.74) is 0.120. The number of hydrogen-bond acceptors (Lipinski definition) is 3. The topological polar surface area (TPSA) is 43.7 Å². The van der Waals surface area contributed by atoms with Crippen LogP contribution >= 0.6 is 0 Å². The van der Waals surface area contributed by atoms with Gasteiger partial charge in [0.05, 0.1) is 11.7 Å². The van der Waals surface area contributed by atoms with Crippen molar-refractivity contribution in [2.24, 2.45) is 0 Å². The van der Waals surface area contributed by atoms with Crippen LogP contribution in [0.4, 0.5) is 4.39 Å². The number of hydrogen-bond donors (Lipinski definition) is 2. The molecular formula is C14H20FNO2. The van der Waals surface area contributed by atoms with Gasteiger partial charge in [-0.2, -0.15) is 0 Å². The van der Waals surface area contributed by atoms with Crippen molar-refractivity contribution in [1.29, 1.82) is 0 Å². The fourth-order valence-electron chi connectivity index (χ4n) is 2.22. The summed E-state index contributed by atoms with van der Waals surface area (Å²) in [6, 6.07) is 6.49. The molecule has 100 valence electrons. The van der Waals surface area contributed by atoms with Crippen molar-refractivity contribution in [2.75, 3.05) is 19.6 Å². The first-order chi connectivity index (χ1) is 8.47. The minimum absolute atomic E-state index is 0.219. The zero-order chi connectivity index (χ0) is 13.2. The summed E-state index contributed by atoms with van der Waals surface area (Å²) in [5.74, 6) is -0.219. The molecule has 0 bridgehead atoms. The summed E-state index contributed by atoms with van der Waals surface area (Å²) in [6.45, 7) is 3.77. The number of benzene rings is 1. The zero-order valence-corrected chi connectivity index (χ0v) is 10.6.